The van der Waals surface area contributed by atoms with Gasteiger partial charge in [-0.15, -0.1) is 0 Å². The van der Waals surface area contributed by atoms with Crippen LogP contribution >= 0.6 is 23.2 Å². The number of rotatable bonds is 7. The Morgan fingerprint density at radius 1 is 1.32 bits per heavy atom. The van der Waals surface area contributed by atoms with Crippen molar-refractivity contribution in [1.29, 1.82) is 0 Å². The molecule has 0 fully saturated rings. The minimum absolute atomic E-state index is 0.322. The average Bonchev–Trinajstić information content (AvgIpc) is 2.37. The number of unbranched alkanes of at least 4 members (excludes halogenated alkanes) is 4. The van der Waals surface area contributed by atoms with Crippen LogP contribution in [0, 0.1) is 0 Å². The van der Waals surface area contributed by atoms with E-state index in [2.05, 4.69) is 17.5 Å². The summed E-state index contributed by atoms with van der Waals surface area (Å²) in [6.07, 6.45) is 7.32. The maximum Gasteiger partial charge on any atom is 0.272 e. The Balaban J connectivity index is 2.36. The van der Waals surface area contributed by atoms with Gasteiger partial charge in [0, 0.05) is 11.2 Å². The number of nitrogens with one attached hydrogen (secondary N) is 1. The Kier molecular flexibility index (Phi) is 7.53. The minimum atomic E-state index is -0.327. The molecule has 1 aromatic rings. The van der Waals surface area contributed by atoms with Gasteiger partial charge in [-0.25, -0.2) is 5.43 Å². The highest BCUT2D eigenvalue weighted by Crippen LogP contribution is 2.20. The van der Waals surface area contributed by atoms with Crippen LogP contribution in [0.3, 0.4) is 0 Å². The van der Waals surface area contributed by atoms with E-state index < -0.39 is 0 Å². The van der Waals surface area contributed by atoms with Crippen LogP contribution in [0.2, 0.25) is 10.0 Å². The largest absolute Gasteiger partial charge is 0.272 e. The summed E-state index contributed by atoms with van der Waals surface area (Å²) in [6.45, 7) is 2.17. The monoisotopic (exact) mass is 300 g/mol. The first-order valence-corrected chi connectivity index (χ1v) is 7.17. The maximum atomic E-state index is 11.8. The van der Waals surface area contributed by atoms with E-state index in [-0.39, 0.29) is 5.91 Å². The van der Waals surface area contributed by atoms with E-state index in [4.69, 9.17) is 23.2 Å². The smallest absolute Gasteiger partial charge is 0.267 e. The molecule has 19 heavy (non-hydrogen) atoms. The van der Waals surface area contributed by atoms with Crippen molar-refractivity contribution in [2.24, 2.45) is 5.10 Å². The lowest BCUT2D eigenvalue weighted by molar-refractivity contribution is 0.0955. The van der Waals surface area contributed by atoms with Crippen molar-refractivity contribution in [2.75, 3.05) is 0 Å². The summed E-state index contributed by atoms with van der Waals surface area (Å²) in [7, 11) is 0. The first-order valence-electron chi connectivity index (χ1n) is 6.42. The molecule has 3 nitrogen and oxygen atoms in total. The van der Waals surface area contributed by atoms with Gasteiger partial charge < -0.3 is 0 Å². The van der Waals surface area contributed by atoms with Crippen molar-refractivity contribution in [3.05, 3.63) is 33.8 Å². The Morgan fingerprint density at radius 3 is 2.79 bits per heavy atom. The fourth-order valence-corrected chi connectivity index (χ4v) is 2.06. The third-order valence-electron chi connectivity index (χ3n) is 2.62. The highest BCUT2D eigenvalue weighted by molar-refractivity contribution is 6.36. The van der Waals surface area contributed by atoms with Gasteiger partial charge in [-0.05, 0) is 31.0 Å². The number of nitrogens with zero attached hydrogens (tertiary/aromatic N) is 1. The van der Waals surface area contributed by atoms with Gasteiger partial charge in [0.05, 0.1) is 10.6 Å². The molecule has 1 aromatic carbocycles. The molecule has 0 aromatic heterocycles. The van der Waals surface area contributed by atoms with E-state index in [0.29, 0.717) is 15.6 Å². The third-order valence-corrected chi connectivity index (χ3v) is 3.17. The van der Waals surface area contributed by atoms with Crippen molar-refractivity contribution >= 4 is 35.3 Å². The van der Waals surface area contributed by atoms with Crippen molar-refractivity contribution < 1.29 is 4.79 Å². The van der Waals surface area contributed by atoms with Gasteiger partial charge in [0.25, 0.3) is 5.91 Å². The number of halogens is 2. The standard InChI is InChI=1S/C14H18Cl2N2O/c1-2-3-4-5-6-9-17-18-14(19)12-8-7-11(15)10-13(12)16/h7-10H,2-6H2,1H3,(H,18,19). The number of amides is 1. The lowest BCUT2D eigenvalue weighted by Crippen LogP contribution is -2.17. The topological polar surface area (TPSA) is 41.5 Å². The zero-order valence-corrected chi connectivity index (χ0v) is 12.5. The summed E-state index contributed by atoms with van der Waals surface area (Å²) in [5.74, 6) is -0.327. The second-order valence-corrected chi connectivity index (χ2v) is 5.07. The van der Waals surface area contributed by atoms with Crippen LogP contribution in [0.25, 0.3) is 0 Å². The maximum absolute atomic E-state index is 11.8. The van der Waals surface area contributed by atoms with Crippen molar-refractivity contribution in [3.63, 3.8) is 0 Å². The third kappa shape index (κ3) is 6.08. The SMILES string of the molecule is CCCCCCC=NNC(=O)c1ccc(Cl)cc1Cl. The van der Waals surface area contributed by atoms with Gasteiger partial charge >= 0.3 is 0 Å². The lowest BCUT2D eigenvalue weighted by Gasteiger charge is -2.02. The predicted molar refractivity (Wildman–Crippen MR) is 81.2 cm³/mol. The normalized spacial score (nSPS) is 10.9. The molecule has 0 bridgehead atoms. The molecule has 0 atom stereocenters. The first kappa shape index (κ1) is 16.0. The highest BCUT2D eigenvalue weighted by Gasteiger charge is 2.09. The molecule has 0 aliphatic heterocycles. The van der Waals surface area contributed by atoms with Gasteiger partial charge in [0.1, 0.15) is 0 Å². The summed E-state index contributed by atoms with van der Waals surface area (Å²) >= 11 is 11.7. The van der Waals surface area contributed by atoms with Crippen LogP contribution in [0.15, 0.2) is 23.3 Å². The molecule has 1 N–H and O–H groups in total. The van der Waals surface area contributed by atoms with Crippen LogP contribution in [0.5, 0.6) is 0 Å². The Labute approximate surface area is 124 Å². The van der Waals surface area contributed by atoms with E-state index in [1.807, 2.05) is 0 Å². The van der Waals surface area contributed by atoms with Crippen molar-refractivity contribution in [1.82, 2.24) is 5.43 Å². The summed E-state index contributed by atoms with van der Waals surface area (Å²) in [6, 6.07) is 4.74. The zero-order valence-electron chi connectivity index (χ0n) is 11.0. The van der Waals surface area contributed by atoms with E-state index in [1.54, 1.807) is 18.3 Å². The van der Waals surface area contributed by atoms with E-state index in [9.17, 15) is 4.79 Å². The average molecular weight is 301 g/mol. The summed E-state index contributed by atoms with van der Waals surface area (Å²) < 4.78 is 0. The quantitative estimate of drug-likeness (QED) is 0.443. The molecule has 0 radical (unpaired) electrons. The van der Waals surface area contributed by atoms with E-state index >= 15 is 0 Å². The Bertz CT molecular complexity index is 447. The molecule has 0 aliphatic carbocycles. The van der Waals surface area contributed by atoms with Crippen LogP contribution < -0.4 is 5.43 Å². The molecule has 0 unspecified atom stereocenters. The number of carbonyl (C=O) groups excluding carboxylic acids is 1. The fourth-order valence-electron chi connectivity index (χ4n) is 1.57. The summed E-state index contributed by atoms with van der Waals surface area (Å²) in [5.41, 5.74) is 2.82. The molecule has 0 saturated carbocycles. The van der Waals surface area contributed by atoms with Crippen molar-refractivity contribution in [3.8, 4) is 0 Å². The number of carbonyl (C=O) groups is 1. The van der Waals surface area contributed by atoms with E-state index in [0.717, 1.165) is 12.8 Å². The van der Waals surface area contributed by atoms with Crippen LogP contribution in [-0.2, 0) is 0 Å². The molecule has 1 amide bonds. The second-order valence-electron chi connectivity index (χ2n) is 4.23. The summed E-state index contributed by atoms with van der Waals surface area (Å²) in [5, 5.41) is 4.72. The van der Waals surface area contributed by atoms with Gasteiger partial charge in [-0.3, -0.25) is 4.79 Å². The Morgan fingerprint density at radius 2 is 2.11 bits per heavy atom. The molecular formula is C14H18Cl2N2O. The van der Waals surface area contributed by atoms with Gasteiger partial charge in [0.15, 0.2) is 0 Å². The van der Waals surface area contributed by atoms with E-state index in [1.165, 1.54) is 25.3 Å². The lowest BCUT2D eigenvalue weighted by atomic mass is 10.2. The molecular weight excluding hydrogens is 283 g/mol. The molecule has 5 heteroatoms. The summed E-state index contributed by atoms with van der Waals surface area (Å²) in [4.78, 5) is 11.8. The van der Waals surface area contributed by atoms with Crippen LogP contribution in [0.4, 0.5) is 0 Å². The Hall–Kier alpha value is -1.06. The first-order chi connectivity index (χ1) is 9.15. The molecule has 0 heterocycles. The number of hydrazone groups is 1. The number of benzene rings is 1. The number of hydrogen-bond donors (Lipinski definition) is 1. The van der Waals surface area contributed by atoms with Crippen LogP contribution in [-0.4, -0.2) is 12.1 Å². The second kappa shape index (κ2) is 8.94. The van der Waals surface area contributed by atoms with Gasteiger partial charge in [-0.1, -0.05) is 49.4 Å². The van der Waals surface area contributed by atoms with Crippen LogP contribution in [0.1, 0.15) is 49.4 Å². The van der Waals surface area contributed by atoms with Gasteiger partial charge in [-0.2, -0.15) is 5.10 Å². The minimum Gasteiger partial charge on any atom is -0.267 e. The molecule has 0 aliphatic rings. The molecule has 0 saturated heterocycles. The fraction of sp³-hybridized carbons (Fsp3) is 0.429. The molecule has 1 rings (SSSR count). The highest BCUT2D eigenvalue weighted by atomic mass is 35.5. The molecule has 104 valence electrons. The number of hydrogen-bond acceptors (Lipinski definition) is 2. The van der Waals surface area contributed by atoms with Crippen molar-refractivity contribution in [2.45, 2.75) is 39.0 Å². The molecule has 0 spiro atoms. The van der Waals surface area contributed by atoms with Gasteiger partial charge in [0.2, 0.25) is 0 Å². The zero-order chi connectivity index (χ0) is 14.1. The predicted octanol–water partition coefficient (Wildman–Crippen LogP) is 4.68.